The number of nitro groups is 1. The van der Waals surface area contributed by atoms with Gasteiger partial charge in [0.2, 0.25) is 0 Å². The molecule has 1 aromatic heterocycles. The first-order valence-corrected chi connectivity index (χ1v) is 8.37. The highest BCUT2D eigenvalue weighted by Crippen LogP contribution is 2.33. The molecule has 3 rings (SSSR count). The van der Waals surface area contributed by atoms with E-state index in [1.54, 1.807) is 26.1 Å². The maximum atomic E-state index is 11.5. The molecule has 0 aliphatic rings. The zero-order valence-corrected chi connectivity index (χ0v) is 15.1. The van der Waals surface area contributed by atoms with E-state index in [-0.39, 0.29) is 5.69 Å². The number of carboxylic acid groups (broad SMARTS) is 1. The SMILES string of the molecule is Cc1cc([N+](=O)[O-])ccc1-n1cc(C(C)C(=O)O)c2cc(Br)ccc21. The third-order valence-electron chi connectivity index (χ3n) is 4.28. The van der Waals surface area contributed by atoms with Crippen LogP contribution in [0.4, 0.5) is 5.69 Å². The van der Waals surface area contributed by atoms with Gasteiger partial charge in [0.1, 0.15) is 0 Å². The number of fused-ring (bicyclic) bond motifs is 1. The van der Waals surface area contributed by atoms with E-state index in [2.05, 4.69) is 15.9 Å². The van der Waals surface area contributed by atoms with Crippen molar-refractivity contribution in [3.63, 3.8) is 0 Å². The second-order valence-electron chi connectivity index (χ2n) is 5.90. The highest BCUT2D eigenvalue weighted by atomic mass is 79.9. The van der Waals surface area contributed by atoms with Crippen molar-refractivity contribution in [2.24, 2.45) is 0 Å². The van der Waals surface area contributed by atoms with E-state index in [9.17, 15) is 20.0 Å². The predicted molar refractivity (Wildman–Crippen MR) is 98.4 cm³/mol. The Morgan fingerprint density at radius 1 is 1.28 bits per heavy atom. The minimum atomic E-state index is -0.903. The van der Waals surface area contributed by atoms with Crippen molar-refractivity contribution >= 4 is 38.5 Å². The quantitative estimate of drug-likeness (QED) is 0.501. The molecular weight excluding hydrogens is 388 g/mol. The molecule has 7 heteroatoms. The van der Waals surface area contributed by atoms with Crippen molar-refractivity contribution in [1.82, 2.24) is 4.57 Å². The van der Waals surface area contributed by atoms with Crippen LogP contribution in [-0.4, -0.2) is 20.6 Å². The van der Waals surface area contributed by atoms with E-state index >= 15 is 0 Å². The van der Waals surface area contributed by atoms with Crippen LogP contribution in [0.25, 0.3) is 16.6 Å². The average Bonchev–Trinajstić information content (AvgIpc) is 2.92. The monoisotopic (exact) mass is 402 g/mol. The number of nitrogens with zero attached hydrogens (tertiary/aromatic N) is 2. The maximum absolute atomic E-state index is 11.5. The van der Waals surface area contributed by atoms with E-state index in [0.29, 0.717) is 5.56 Å². The van der Waals surface area contributed by atoms with Gasteiger partial charge < -0.3 is 9.67 Å². The first kappa shape index (κ1) is 17.2. The number of rotatable bonds is 4. The van der Waals surface area contributed by atoms with Crippen LogP contribution < -0.4 is 0 Å². The molecule has 0 aliphatic carbocycles. The summed E-state index contributed by atoms with van der Waals surface area (Å²) in [5, 5.41) is 21.2. The molecule has 25 heavy (non-hydrogen) atoms. The fourth-order valence-electron chi connectivity index (χ4n) is 2.93. The summed E-state index contributed by atoms with van der Waals surface area (Å²) in [5.74, 6) is -1.57. The number of halogens is 1. The van der Waals surface area contributed by atoms with Crippen molar-refractivity contribution < 1.29 is 14.8 Å². The molecule has 0 fully saturated rings. The number of nitro benzene ring substituents is 1. The van der Waals surface area contributed by atoms with Gasteiger partial charge in [-0.15, -0.1) is 0 Å². The summed E-state index contributed by atoms with van der Waals surface area (Å²) in [4.78, 5) is 22.0. The molecule has 0 spiro atoms. The Bertz CT molecular complexity index is 1010. The Morgan fingerprint density at radius 3 is 2.60 bits per heavy atom. The molecule has 0 aliphatic heterocycles. The number of hydrogen-bond donors (Lipinski definition) is 1. The number of aliphatic carboxylic acids is 1. The fraction of sp³-hybridized carbons (Fsp3) is 0.167. The van der Waals surface area contributed by atoms with Crippen molar-refractivity contribution in [3.8, 4) is 5.69 Å². The standard InChI is InChI=1S/C18H15BrN2O4/c1-10-7-13(21(24)25)4-6-16(10)20-9-15(11(2)18(22)23)14-8-12(19)3-5-17(14)20/h3-9,11H,1-2H3,(H,22,23). The Balaban J connectivity index is 2.27. The summed E-state index contributed by atoms with van der Waals surface area (Å²) in [6.45, 7) is 3.44. The van der Waals surface area contributed by atoms with Crippen molar-refractivity contribution in [2.45, 2.75) is 19.8 Å². The van der Waals surface area contributed by atoms with Gasteiger partial charge in [-0.05, 0) is 49.2 Å². The smallest absolute Gasteiger partial charge is 0.310 e. The Hall–Kier alpha value is -2.67. The predicted octanol–water partition coefficient (Wildman–Crippen LogP) is 4.80. The van der Waals surface area contributed by atoms with Gasteiger partial charge in [-0.2, -0.15) is 0 Å². The molecule has 0 saturated carbocycles. The van der Waals surface area contributed by atoms with Crippen molar-refractivity contribution in [2.75, 3.05) is 0 Å². The van der Waals surface area contributed by atoms with Crippen LogP contribution in [0.5, 0.6) is 0 Å². The van der Waals surface area contributed by atoms with E-state index in [1.165, 1.54) is 12.1 Å². The van der Waals surface area contributed by atoms with E-state index in [4.69, 9.17) is 0 Å². The van der Waals surface area contributed by atoms with Gasteiger partial charge in [0, 0.05) is 33.9 Å². The van der Waals surface area contributed by atoms with Gasteiger partial charge in [-0.3, -0.25) is 14.9 Å². The molecule has 0 radical (unpaired) electrons. The average molecular weight is 403 g/mol. The molecule has 0 bridgehead atoms. The van der Waals surface area contributed by atoms with Crippen molar-refractivity contribution in [3.05, 3.63) is 68.3 Å². The summed E-state index contributed by atoms with van der Waals surface area (Å²) in [6.07, 6.45) is 1.80. The van der Waals surface area contributed by atoms with Gasteiger partial charge in [-0.1, -0.05) is 15.9 Å². The third-order valence-corrected chi connectivity index (χ3v) is 4.78. The highest BCUT2D eigenvalue weighted by Gasteiger charge is 2.21. The molecule has 1 unspecified atom stereocenters. The molecule has 3 aromatic rings. The number of aromatic nitrogens is 1. The lowest BCUT2D eigenvalue weighted by Crippen LogP contribution is -2.06. The maximum Gasteiger partial charge on any atom is 0.310 e. The number of non-ortho nitro benzene ring substituents is 1. The summed E-state index contributed by atoms with van der Waals surface area (Å²) in [7, 11) is 0. The van der Waals surface area contributed by atoms with Crippen LogP contribution in [0.2, 0.25) is 0 Å². The molecule has 128 valence electrons. The zero-order chi connectivity index (χ0) is 18.3. The number of hydrogen-bond acceptors (Lipinski definition) is 3. The number of benzene rings is 2. The lowest BCUT2D eigenvalue weighted by atomic mass is 10.0. The molecule has 6 nitrogen and oxygen atoms in total. The molecule has 1 heterocycles. The summed E-state index contributed by atoms with van der Waals surface area (Å²) < 4.78 is 2.74. The second kappa shape index (κ2) is 6.33. The zero-order valence-electron chi connectivity index (χ0n) is 13.6. The van der Waals surface area contributed by atoms with Gasteiger partial charge in [0.05, 0.1) is 16.4 Å². The van der Waals surface area contributed by atoms with E-state index < -0.39 is 16.8 Å². The lowest BCUT2D eigenvalue weighted by Gasteiger charge is -2.09. The van der Waals surface area contributed by atoms with Crippen LogP contribution >= 0.6 is 15.9 Å². The Morgan fingerprint density at radius 2 is 2.00 bits per heavy atom. The fourth-order valence-corrected chi connectivity index (χ4v) is 3.29. The minimum Gasteiger partial charge on any atom is -0.481 e. The normalized spacial score (nSPS) is 12.3. The topological polar surface area (TPSA) is 85.4 Å². The van der Waals surface area contributed by atoms with Gasteiger partial charge in [-0.25, -0.2) is 0 Å². The van der Waals surface area contributed by atoms with Crippen LogP contribution in [0, 0.1) is 17.0 Å². The summed E-state index contributed by atoms with van der Waals surface area (Å²) >= 11 is 3.43. The molecule has 1 N–H and O–H groups in total. The number of carboxylic acids is 1. The molecule has 0 amide bonds. The van der Waals surface area contributed by atoms with Crippen molar-refractivity contribution in [1.29, 1.82) is 0 Å². The van der Waals surface area contributed by atoms with Crippen LogP contribution in [0.1, 0.15) is 24.0 Å². The van der Waals surface area contributed by atoms with Gasteiger partial charge in [0.15, 0.2) is 0 Å². The Labute approximate surface area is 152 Å². The van der Waals surface area contributed by atoms with Crippen LogP contribution in [-0.2, 0) is 4.79 Å². The highest BCUT2D eigenvalue weighted by molar-refractivity contribution is 9.10. The van der Waals surface area contributed by atoms with Gasteiger partial charge in [0.25, 0.3) is 5.69 Å². The minimum absolute atomic E-state index is 0.0274. The summed E-state index contributed by atoms with van der Waals surface area (Å²) in [5.41, 5.74) is 3.09. The number of aryl methyl sites for hydroxylation is 1. The lowest BCUT2D eigenvalue weighted by molar-refractivity contribution is -0.384. The van der Waals surface area contributed by atoms with E-state index in [1.807, 2.05) is 22.8 Å². The Kier molecular flexibility index (Phi) is 4.34. The van der Waals surface area contributed by atoms with Crippen LogP contribution in [0.3, 0.4) is 0 Å². The van der Waals surface area contributed by atoms with Gasteiger partial charge >= 0.3 is 5.97 Å². The molecule has 0 saturated heterocycles. The largest absolute Gasteiger partial charge is 0.481 e. The second-order valence-corrected chi connectivity index (χ2v) is 6.82. The molecule has 1 atom stereocenters. The first-order valence-electron chi connectivity index (χ1n) is 7.58. The third kappa shape index (κ3) is 3.02. The van der Waals surface area contributed by atoms with Crippen LogP contribution in [0.15, 0.2) is 47.1 Å². The van der Waals surface area contributed by atoms with E-state index in [0.717, 1.165) is 26.6 Å². The summed E-state index contributed by atoms with van der Waals surface area (Å²) in [6, 6.07) is 10.3. The molecule has 2 aromatic carbocycles. The molecular formula is C18H15BrN2O4. The number of carbonyl (C=O) groups is 1. The first-order chi connectivity index (χ1) is 11.8.